The Labute approximate surface area is 144 Å². The lowest BCUT2D eigenvalue weighted by atomic mass is 10.1. The number of aryl methyl sites for hydroxylation is 2. The van der Waals surface area contributed by atoms with Crippen LogP contribution in [0.3, 0.4) is 0 Å². The third kappa shape index (κ3) is 3.76. The fourth-order valence-corrected chi connectivity index (χ4v) is 3.66. The lowest BCUT2D eigenvalue weighted by Crippen LogP contribution is -2.22. The Hall–Kier alpha value is -2.34. The van der Waals surface area contributed by atoms with E-state index in [0.717, 1.165) is 23.4 Å². The first-order valence-electron chi connectivity index (χ1n) is 7.87. The molecule has 0 saturated heterocycles. The predicted molar refractivity (Wildman–Crippen MR) is 95.5 cm³/mol. The number of nitrogens with zero attached hydrogens (tertiary/aromatic N) is 1. The summed E-state index contributed by atoms with van der Waals surface area (Å²) >= 11 is 1.38. The first-order valence-corrected chi connectivity index (χ1v) is 8.74. The van der Waals surface area contributed by atoms with Crippen molar-refractivity contribution < 1.29 is 9.72 Å². The van der Waals surface area contributed by atoms with Gasteiger partial charge >= 0.3 is 0 Å². The number of fused-ring (bicyclic) bond motifs is 1. The molecular weight excluding hydrogens is 324 g/mol. The van der Waals surface area contributed by atoms with E-state index in [1.54, 1.807) is 12.1 Å². The number of nitro groups is 1. The number of benzene rings is 2. The Morgan fingerprint density at radius 3 is 2.58 bits per heavy atom. The van der Waals surface area contributed by atoms with Gasteiger partial charge in [0, 0.05) is 22.7 Å². The number of amides is 1. The minimum Gasteiger partial charge on any atom is -0.325 e. The monoisotopic (exact) mass is 342 g/mol. The van der Waals surface area contributed by atoms with Gasteiger partial charge in [-0.05, 0) is 61.6 Å². The first-order chi connectivity index (χ1) is 11.5. The van der Waals surface area contributed by atoms with Crippen molar-refractivity contribution in [1.82, 2.24) is 0 Å². The molecule has 0 radical (unpaired) electrons. The molecule has 0 aromatic heterocycles. The largest absolute Gasteiger partial charge is 0.325 e. The van der Waals surface area contributed by atoms with Gasteiger partial charge in [-0.1, -0.05) is 6.07 Å². The number of non-ortho nitro benzene ring substituents is 1. The summed E-state index contributed by atoms with van der Waals surface area (Å²) in [6, 6.07) is 12.3. The smallest absolute Gasteiger partial charge is 0.269 e. The van der Waals surface area contributed by atoms with Crippen molar-refractivity contribution in [3.05, 3.63) is 63.7 Å². The molecule has 0 spiro atoms. The fourth-order valence-electron chi connectivity index (χ4n) is 2.80. The summed E-state index contributed by atoms with van der Waals surface area (Å²) < 4.78 is 0. The molecule has 1 N–H and O–H groups in total. The number of carbonyl (C=O) groups excluding carboxylic acids is 1. The summed E-state index contributed by atoms with van der Waals surface area (Å²) in [4.78, 5) is 23.4. The lowest BCUT2D eigenvalue weighted by molar-refractivity contribution is -0.384. The first kappa shape index (κ1) is 16.5. The van der Waals surface area contributed by atoms with Gasteiger partial charge in [-0.25, -0.2) is 0 Å². The minimum atomic E-state index is -0.432. The molecule has 24 heavy (non-hydrogen) atoms. The van der Waals surface area contributed by atoms with Crippen LogP contribution in [0.15, 0.2) is 47.4 Å². The molecule has 2 aromatic rings. The topological polar surface area (TPSA) is 72.2 Å². The summed E-state index contributed by atoms with van der Waals surface area (Å²) in [7, 11) is 0. The molecule has 1 amide bonds. The maximum absolute atomic E-state index is 12.4. The molecule has 0 heterocycles. The van der Waals surface area contributed by atoms with E-state index in [-0.39, 0.29) is 16.8 Å². The maximum Gasteiger partial charge on any atom is 0.269 e. The average molecular weight is 342 g/mol. The van der Waals surface area contributed by atoms with Crippen molar-refractivity contribution >= 4 is 29.0 Å². The van der Waals surface area contributed by atoms with Gasteiger partial charge in [0.1, 0.15) is 0 Å². The van der Waals surface area contributed by atoms with E-state index in [1.807, 2.05) is 13.0 Å². The number of thioether (sulfide) groups is 1. The molecule has 1 aliphatic carbocycles. The van der Waals surface area contributed by atoms with Crippen molar-refractivity contribution in [3.63, 3.8) is 0 Å². The van der Waals surface area contributed by atoms with Crippen LogP contribution in [0.5, 0.6) is 0 Å². The highest BCUT2D eigenvalue weighted by Gasteiger charge is 2.17. The molecule has 1 aliphatic rings. The third-order valence-electron chi connectivity index (χ3n) is 4.10. The average Bonchev–Trinajstić information content (AvgIpc) is 3.03. The standard InChI is InChI=1S/C18H18N2O3S/c1-12(24-17-9-7-16(8-10-17)20(22)23)18(21)19-15-6-5-13-3-2-4-14(13)11-15/h5-12H,2-4H2,1H3,(H,19,21). The number of hydrogen-bond donors (Lipinski definition) is 1. The van der Waals surface area contributed by atoms with Crippen LogP contribution in [-0.4, -0.2) is 16.1 Å². The third-order valence-corrected chi connectivity index (χ3v) is 5.21. The molecule has 0 fully saturated rings. The van der Waals surface area contributed by atoms with E-state index in [0.29, 0.717) is 0 Å². The Kier molecular flexibility index (Phi) is 4.85. The van der Waals surface area contributed by atoms with E-state index in [2.05, 4.69) is 17.4 Å². The van der Waals surface area contributed by atoms with E-state index in [4.69, 9.17) is 0 Å². The second kappa shape index (κ2) is 7.05. The SMILES string of the molecule is CC(Sc1ccc([N+](=O)[O-])cc1)C(=O)Nc1ccc2c(c1)CCC2. The lowest BCUT2D eigenvalue weighted by Gasteiger charge is -2.13. The fraction of sp³-hybridized carbons (Fsp3) is 0.278. The second-order valence-electron chi connectivity index (χ2n) is 5.84. The molecule has 0 aliphatic heterocycles. The van der Waals surface area contributed by atoms with Crippen molar-refractivity contribution in [1.29, 1.82) is 0 Å². The van der Waals surface area contributed by atoms with Gasteiger partial charge < -0.3 is 5.32 Å². The van der Waals surface area contributed by atoms with Crippen LogP contribution in [0.1, 0.15) is 24.5 Å². The minimum absolute atomic E-state index is 0.0506. The van der Waals surface area contributed by atoms with Gasteiger partial charge in [-0.15, -0.1) is 11.8 Å². The van der Waals surface area contributed by atoms with Gasteiger partial charge in [0.05, 0.1) is 10.2 Å². The summed E-state index contributed by atoms with van der Waals surface area (Å²) in [5.74, 6) is -0.0729. The highest BCUT2D eigenvalue weighted by atomic mass is 32.2. The van der Waals surface area contributed by atoms with Crippen LogP contribution in [0.2, 0.25) is 0 Å². The number of hydrogen-bond acceptors (Lipinski definition) is 4. The van der Waals surface area contributed by atoms with Gasteiger partial charge in [0.25, 0.3) is 5.69 Å². The van der Waals surface area contributed by atoms with E-state index >= 15 is 0 Å². The van der Waals surface area contributed by atoms with E-state index in [1.165, 1.54) is 41.4 Å². The molecule has 2 aromatic carbocycles. The van der Waals surface area contributed by atoms with E-state index < -0.39 is 4.92 Å². The molecule has 1 atom stereocenters. The summed E-state index contributed by atoms with van der Waals surface area (Å²) in [6.07, 6.45) is 3.38. The molecule has 5 nitrogen and oxygen atoms in total. The van der Waals surface area contributed by atoms with Crippen LogP contribution < -0.4 is 5.32 Å². The summed E-state index contributed by atoms with van der Waals surface area (Å²) in [6.45, 7) is 1.83. The number of nitrogens with one attached hydrogen (secondary N) is 1. The Morgan fingerprint density at radius 2 is 1.88 bits per heavy atom. The predicted octanol–water partition coefficient (Wildman–Crippen LogP) is 4.20. The maximum atomic E-state index is 12.4. The highest BCUT2D eigenvalue weighted by molar-refractivity contribution is 8.00. The van der Waals surface area contributed by atoms with Crippen LogP contribution in [-0.2, 0) is 17.6 Å². The Morgan fingerprint density at radius 1 is 1.17 bits per heavy atom. The zero-order chi connectivity index (χ0) is 17.1. The summed E-state index contributed by atoms with van der Waals surface area (Å²) in [5, 5.41) is 13.3. The van der Waals surface area contributed by atoms with Crippen molar-refractivity contribution in [2.24, 2.45) is 0 Å². The van der Waals surface area contributed by atoms with Crippen molar-refractivity contribution in [2.75, 3.05) is 5.32 Å². The summed E-state index contributed by atoms with van der Waals surface area (Å²) in [5.41, 5.74) is 3.58. The van der Waals surface area contributed by atoms with Crippen LogP contribution >= 0.6 is 11.8 Å². The number of nitro benzene ring substituents is 1. The zero-order valence-corrected chi connectivity index (χ0v) is 14.1. The zero-order valence-electron chi connectivity index (χ0n) is 13.3. The quantitative estimate of drug-likeness (QED) is 0.502. The molecular formula is C18H18N2O3S. The molecule has 3 rings (SSSR count). The Bertz CT molecular complexity index is 774. The van der Waals surface area contributed by atoms with Crippen molar-refractivity contribution in [2.45, 2.75) is 36.3 Å². The van der Waals surface area contributed by atoms with Gasteiger partial charge in [0.2, 0.25) is 5.91 Å². The normalized spacial score (nSPS) is 14.0. The van der Waals surface area contributed by atoms with Gasteiger partial charge in [-0.2, -0.15) is 0 Å². The number of rotatable bonds is 5. The van der Waals surface area contributed by atoms with Crippen LogP contribution in [0.25, 0.3) is 0 Å². The number of anilines is 1. The molecule has 6 heteroatoms. The molecule has 1 unspecified atom stereocenters. The van der Waals surface area contributed by atoms with Crippen LogP contribution in [0, 0.1) is 10.1 Å². The Balaban J connectivity index is 1.61. The van der Waals surface area contributed by atoms with Crippen LogP contribution in [0.4, 0.5) is 11.4 Å². The van der Waals surface area contributed by atoms with Gasteiger partial charge in [0.15, 0.2) is 0 Å². The molecule has 0 bridgehead atoms. The number of carbonyl (C=O) groups is 1. The molecule has 0 saturated carbocycles. The second-order valence-corrected chi connectivity index (χ2v) is 7.25. The van der Waals surface area contributed by atoms with Crippen molar-refractivity contribution in [3.8, 4) is 0 Å². The molecule has 124 valence electrons. The van der Waals surface area contributed by atoms with Gasteiger partial charge in [-0.3, -0.25) is 14.9 Å². The van der Waals surface area contributed by atoms with E-state index in [9.17, 15) is 14.9 Å². The highest BCUT2D eigenvalue weighted by Crippen LogP contribution is 2.28.